The van der Waals surface area contributed by atoms with Crippen LogP contribution in [0, 0.1) is 27.7 Å². The summed E-state index contributed by atoms with van der Waals surface area (Å²) in [4.78, 5) is 23.6. The zero-order valence-corrected chi connectivity index (χ0v) is 15.8. The molecule has 14 heteroatoms. The monoisotopic (exact) mass is 446 g/mol. The van der Waals surface area contributed by atoms with Crippen molar-refractivity contribution in [3.8, 4) is 0 Å². The van der Waals surface area contributed by atoms with Crippen molar-refractivity contribution in [3.05, 3.63) is 34.9 Å². The first-order chi connectivity index (χ1) is 13.4. The third-order valence-corrected chi connectivity index (χ3v) is 4.12. The highest BCUT2D eigenvalue weighted by Gasteiger charge is 2.85. The van der Waals surface area contributed by atoms with Crippen LogP contribution in [0.15, 0.2) is 12.1 Å². The van der Waals surface area contributed by atoms with E-state index in [1.165, 1.54) is 13.8 Å². The minimum Gasteiger partial charge on any atom is -0.265 e. The van der Waals surface area contributed by atoms with Crippen molar-refractivity contribution in [2.75, 3.05) is 0 Å². The Morgan fingerprint density at radius 3 is 1.13 bits per heavy atom. The molecule has 0 aliphatic heterocycles. The van der Waals surface area contributed by atoms with E-state index >= 15 is 0 Å². The second kappa shape index (κ2) is 6.87. The lowest BCUT2D eigenvalue weighted by atomic mass is 9.97. The van der Waals surface area contributed by atoms with E-state index in [-0.39, 0.29) is 20.8 Å². The summed E-state index contributed by atoms with van der Waals surface area (Å²) in [5, 5.41) is 6.34. The summed E-state index contributed by atoms with van der Waals surface area (Å²) >= 11 is 0. The fourth-order valence-corrected chi connectivity index (χ4v) is 2.60. The number of nitrogens with zero attached hydrogens (tertiary/aromatic N) is 4. The number of aryl methyl sites for hydroxylation is 4. The normalized spacial score (nSPS) is 13.6. The summed E-state index contributed by atoms with van der Waals surface area (Å²) in [5.74, 6) is -32.6. The predicted octanol–water partition coefficient (Wildman–Crippen LogP) is 3.84. The molecule has 2 heterocycles. The summed E-state index contributed by atoms with van der Waals surface area (Å²) in [5.41, 5.74) is -1.06. The lowest BCUT2D eigenvalue weighted by Gasteiger charge is -2.35. The molecule has 6 nitrogen and oxygen atoms in total. The zero-order valence-electron chi connectivity index (χ0n) is 15.8. The topological polar surface area (TPSA) is 69.8 Å². The van der Waals surface area contributed by atoms with Gasteiger partial charge >= 0.3 is 35.5 Å². The maximum absolute atomic E-state index is 14.1. The van der Waals surface area contributed by atoms with Crippen LogP contribution in [0.2, 0.25) is 0 Å². The number of hydrogen-bond donors (Lipinski definition) is 0. The van der Waals surface area contributed by atoms with Crippen LogP contribution in [0.3, 0.4) is 0 Å². The molecule has 0 atom stereocenters. The number of rotatable bonds is 5. The van der Waals surface area contributed by atoms with Gasteiger partial charge in [-0.1, -0.05) is 0 Å². The standard InChI is InChI=1S/C16H14F8N4O2/c1-7-5-9(3)27(25-7)11(29)13(17,18)15(21,22)16(23,24)14(19,20)12(30)28-10(4)6-8(2)26-28/h5-6H,1-4H3. The largest absolute Gasteiger partial charge is 0.395 e. The van der Waals surface area contributed by atoms with E-state index in [1.54, 1.807) is 0 Å². The fraction of sp³-hybridized carbons (Fsp3) is 0.500. The molecule has 2 aromatic heterocycles. The molecule has 0 bridgehead atoms. The molecule has 2 rings (SSSR count). The molecule has 0 N–H and O–H groups in total. The Hall–Kier alpha value is -2.80. The smallest absolute Gasteiger partial charge is 0.265 e. The van der Waals surface area contributed by atoms with Crippen LogP contribution in [0.5, 0.6) is 0 Å². The van der Waals surface area contributed by atoms with Gasteiger partial charge in [0.25, 0.3) is 0 Å². The van der Waals surface area contributed by atoms with E-state index in [4.69, 9.17) is 0 Å². The summed E-state index contributed by atoms with van der Waals surface area (Å²) in [7, 11) is 0. The number of hydrogen-bond acceptors (Lipinski definition) is 4. The Labute approximate surface area is 163 Å². The van der Waals surface area contributed by atoms with E-state index in [1.807, 2.05) is 0 Å². The molecular weight excluding hydrogens is 432 g/mol. The van der Waals surface area contributed by atoms with Gasteiger partial charge in [-0.15, -0.1) is 0 Å². The maximum atomic E-state index is 14.1. The van der Waals surface area contributed by atoms with Gasteiger partial charge in [0, 0.05) is 11.4 Å². The van der Waals surface area contributed by atoms with Gasteiger partial charge < -0.3 is 0 Å². The van der Waals surface area contributed by atoms with Gasteiger partial charge in [-0.05, 0) is 39.8 Å². The van der Waals surface area contributed by atoms with Crippen molar-refractivity contribution in [1.29, 1.82) is 0 Å². The summed E-state index contributed by atoms with van der Waals surface area (Å²) < 4.78 is 112. The third kappa shape index (κ3) is 3.17. The van der Waals surface area contributed by atoms with E-state index in [0.717, 1.165) is 26.0 Å². The minimum absolute atomic E-state index is 0.100. The average Bonchev–Trinajstić information content (AvgIpc) is 3.12. The van der Waals surface area contributed by atoms with Crippen molar-refractivity contribution >= 4 is 11.8 Å². The number of aromatic nitrogens is 4. The van der Waals surface area contributed by atoms with E-state index in [9.17, 15) is 44.7 Å². The van der Waals surface area contributed by atoms with Gasteiger partial charge in [-0.3, -0.25) is 9.59 Å². The van der Waals surface area contributed by atoms with Crippen LogP contribution in [0.1, 0.15) is 32.4 Å². The van der Waals surface area contributed by atoms with Crippen LogP contribution in [-0.4, -0.2) is 55.1 Å². The van der Waals surface area contributed by atoms with E-state index in [2.05, 4.69) is 10.2 Å². The van der Waals surface area contributed by atoms with Crippen LogP contribution in [-0.2, 0) is 0 Å². The minimum atomic E-state index is -6.97. The maximum Gasteiger partial charge on any atom is 0.395 e. The molecular formula is C16H14F8N4O2. The first-order valence-electron chi connectivity index (χ1n) is 8.07. The van der Waals surface area contributed by atoms with Crippen LogP contribution < -0.4 is 0 Å². The average molecular weight is 446 g/mol. The first kappa shape index (κ1) is 23.5. The highest BCUT2D eigenvalue weighted by Crippen LogP contribution is 2.53. The Balaban J connectivity index is 2.54. The highest BCUT2D eigenvalue weighted by molar-refractivity contribution is 5.89. The lowest BCUT2D eigenvalue weighted by molar-refractivity contribution is -0.341. The van der Waals surface area contributed by atoms with Crippen LogP contribution in [0.4, 0.5) is 35.1 Å². The highest BCUT2D eigenvalue weighted by atomic mass is 19.4. The van der Waals surface area contributed by atoms with Crippen molar-refractivity contribution in [1.82, 2.24) is 19.6 Å². The van der Waals surface area contributed by atoms with E-state index < -0.39 is 46.9 Å². The molecule has 166 valence electrons. The van der Waals surface area contributed by atoms with Gasteiger partial charge in [0.1, 0.15) is 0 Å². The number of carbonyl (C=O) groups excluding carboxylic acids is 2. The van der Waals surface area contributed by atoms with Gasteiger partial charge in [-0.2, -0.15) is 54.7 Å². The van der Waals surface area contributed by atoms with Gasteiger partial charge in [-0.25, -0.2) is 0 Å². The van der Waals surface area contributed by atoms with E-state index in [0.29, 0.717) is 0 Å². The SMILES string of the molecule is Cc1cc(C)n(C(=O)C(F)(F)C(F)(F)C(F)(F)C(F)(F)C(=O)n2nc(C)cc2C)n1. The van der Waals surface area contributed by atoms with Gasteiger partial charge in [0.15, 0.2) is 0 Å². The molecule has 2 aromatic rings. The number of alkyl halides is 8. The molecule has 0 aliphatic carbocycles. The van der Waals surface area contributed by atoms with Crippen LogP contribution >= 0.6 is 0 Å². The number of carbonyl (C=O) groups is 2. The van der Waals surface area contributed by atoms with Crippen molar-refractivity contribution in [3.63, 3.8) is 0 Å². The molecule has 0 saturated carbocycles. The molecule has 0 fully saturated rings. The molecule has 0 aliphatic rings. The molecule has 0 unspecified atom stereocenters. The molecule has 0 saturated heterocycles. The fourth-order valence-electron chi connectivity index (χ4n) is 2.60. The summed E-state index contributed by atoms with van der Waals surface area (Å²) in [6.07, 6.45) is 0. The molecule has 0 radical (unpaired) electrons. The van der Waals surface area contributed by atoms with Crippen molar-refractivity contribution in [2.45, 2.75) is 51.4 Å². The van der Waals surface area contributed by atoms with Gasteiger partial charge in [0.2, 0.25) is 0 Å². The van der Waals surface area contributed by atoms with Gasteiger partial charge in [0.05, 0.1) is 11.4 Å². The predicted molar refractivity (Wildman–Crippen MR) is 84.4 cm³/mol. The third-order valence-electron chi connectivity index (χ3n) is 4.12. The zero-order chi connectivity index (χ0) is 23.4. The number of halogens is 8. The summed E-state index contributed by atoms with van der Waals surface area (Å²) in [6, 6.07) is 1.98. The quantitative estimate of drug-likeness (QED) is 0.655. The molecule has 0 aromatic carbocycles. The lowest BCUT2D eigenvalue weighted by Crippen LogP contribution is -2.67. The second-order valence-electron chi connectivity index (χ2n) is 6.59. The Morgan fingerprint density at radius 1 is 0.667 bits per heavy atom. The second-order valence-corrected chi connectivity index (χ2v) is 6.59. The van der Waals surface area contributed by atoms with Crippen molar-refractivity contribution < 1.29 is 44.7 Å². The summed E-state index contributed by atoms with van der Waals surface area (Å²) in [6.45, 7) is 4.32. The van der Waals surface area contributed by atoms with Crippen molar-refractivity contribution in [2.24, 2.45) is 0 Å². The van der Waals surface area contributed by atoms with Crippen LogP contribution in [0.25, 0.3) is 0 Å². The molecule has 30 heavy (non-hydrogen) atoms. The Kier molecular flexibility index (Phi) is 5.38. The Bertz CT molecular complexity index is 929. The molecule has 0 amide bonds. The Morgan fingerprint density at radius 2 is 0.933 bits per heavy atom. The molecule has 0 spiro atoms. The first-order valence-corrected chi connectivity index (χ1v) is 8.07.